The van der Waals surface area contributed by atoms with E-state index in [4.69, 9.17) is 5.73 Å². The highest BCUT2D eigenvalue weighted by Crippen LogP contribution is 2.21. The summed E-state index contributed by atoms with van der Waals surface area (Å²) in [6.07, 6.45) is 0. The molecule has 2 unspecified atom stereocenters. The Morgan fingerprint density at radius 3 is 2.92 bits per heavy atom. The van der Waals surface area contributed by atoms with Crippen molar-refractivity contribution in [2.75, 3.05) is 19.0 Å². The van der Waals surface area contributed by atoms with E-state index in [0.717, 1.165) is 12.3 Å². The Morgan fingerprint density at radius 2 is 2.33 bits per heavy atom. The van der Waals surface area contributed by atoms with Crippen molar-refractivity contribution in [1.29, 1.82) is 0 Å². The molecule has 1 saturated heterocycles. The van der Waals surface area contributed by atoms with E-state index in [2.05, 4.69) is 6.92 Å². The lowest BCUT2D eigenvalue weighted by atomic mass is 10.2. The van der Waals surface area contributed by atoms with Gasteiger partial charge in [0.15, 0.2) is 0 Å². The molecule has 1 aliphatic heterocycles. The third kappa shape index (κ3) is 2.14. The minimum absolute atomic E-state index is 0.128. The molecule has 0 radical (unpaired) electrons. The number of hydrogen-bond donors (Lipinski definition) is 1. The summed E-state index contributed by atoms with van der Waals surface area (Å²) in [5.74, 6) is 1.26. The van der Waals surface area contributed by atoms with Crippen molar-refractivity contribution < 1.29 is 4.79 Å². The maximum atomic E-state index is 11.6. The molecule has 70 valence electrons. The highest BCUT2D eigenvalue weighted by Gasteiger charge is 2.25. The van der Waals surface area contributed by atoms with Gasteiger partial charge in [0.05, 0.1) is 6.67 Å². The molecule has 0 saturated carbocycles. The van der Waals surface area contributed by atoms with E-state index in [1.807, 2.05) is 18.7 Å². The van der Waals surface area contributed by atoms with Crippen LogP contribution in [0.15, 0.2) is 0 Å². The fourth-order valence-corrected chi connectivity index (χ4v) is 2.35. The van der Waals surface area contributed by atoms with Crippen LogP contribution < -0.4 is 5.73 Å². The summed E-state index contributed by atoms with van der Waals surface area (Å²) < 4.78 is 0. The van der Waals surface area contributed by atoms with Crippen LogP contribution in [0.5, 0.6) is 0 Å². The van der Waals surface area contributed by atoms with Crippen LogP contribution in [-0.2, 0) is 4.79 Å². The van der Waals surface area contributed by atoms with Gasteiger partial charge in [-0.25, -0.2) is 0 Å². The zero-order chi connectivity index (χ0) is 9.14. The molecule has 3 nitrogen and oxygen atoms in total. The zero-order valence-electron chi connectivity index (χ0n) is 7.62. The van der Waals surface area contributed by atoms with Crippen LogP contribution in [0.1, 0.15) is 13.8 Å². The predicted molar refractivity (Wildman–Crippen MR) is 51.9 cm³/mol. The summed E-state index contributed by atoms with van der Waals surface area (Å²) in [6.45, 7) is 5.26. The van der Waals surface area contributed by atoms with Crippen molar-refractivity contribution in [3.8, 4) is 0 Å². The van der Waals surface area contributed by atoms with Crippen LogP contribution in [0.25, 0.3) is 0 Å². The molecule has 1 fully saturated rings. The Kier molecular flexibility index (Phi) is 3.40. The number of nitrogens with two attached hydrogens (primary N) is 1. The first-order valence-electron chi connectivity index (χ1n) is 4.25. The fourth-order valence-electron chi connectivity index (χ4n) is 1.31. The standard InChI is InChI=1S/C8H16N2OS/c1-6-4-12-7(2)3-10(5-9)8(6)11/h6-7H,3-5,9H2,1-2H3. The molecule has 0 spiro atoms. The van der Waals surface area contributed by atoms with E-state index in [-0.39, 0.29) is 11.8 Å². The SMILES string of the molecule is CC1CN(CN)C(=O)C(C)CS1. The number of nitrogens with zero attached hydrogens (tertiary/aromatic N) is 1. The van der Waals surface area contributed by atoms with Gasteiger partial charge in [-0.05, 0) is 0 Å². The van der Waals surface area contributed by atoms with Crippen LogP contribution in [0.4, 0.5) is 0 Å². The third-order valence-electron chi connectivity index (χ3n) is 2.06. The minimum Gasteiger partial charge on any atom is -0.329 e. The third-order valence-corrected chi connectivity index (χ3v) is 3.47. The molecule has 0 aromatic carbocycles. The average molecular weight is 188 g/mol. The molecular formula is C8H16N2OS. The molecule has 0 bridgehead atoms. The molecule has 2 atom stereocenters. The van der Waals surface area contributed by atoms with Crippen molar-refractivity contribution in [2.24, 2.45) is 11.7 Å². The Labute approximate surface area is 77.7 Å². The van der Waals surface area contributed by atoms with Crippen molar-refractivity contribution in [2.45, 2.75) is 19.1 Å². The summed E-state index contributed by atoms with van der Waals surface area (Å²) in [5.41, 5.74) is 5.48. The molecule has 12 heavy (non-hydrogen) atoms. The van der Waals surface area contributed by atoms with Gasteiger partial charge in [0.2, 0.25) is 5.91 Å². The van der Waals surface area contributed by atoms with Gasteiger partial charge in [0.25, 0.3) is 0 Å². The van der Waals surface area contributed by atoms with Crippen molar-refractivity contribution in [1.82, 2.24) is 4.90 Å². The number of rotatable bonds is 1. The Bertz CT molecular complexity index is 174. The molecule has 1 aliphatic rings. The molecule has 4 heteroatoms. The van der Waals surface area contributed by atoms with E-state index in [1.54, 1.807) is 4.90 Å². The van der Waals surface area contributed by atoms with E-state index in [0.29, 0.717) is 11.9 Å². The van der Waals surface area contributed by atoms with Gasteiger partial charge in [0.1, 0.15) is 0 Å². The predicted octanol–water partition coefficient (Wildman–Crippen LogP) is 0.503. The van der Waals surface area contributed by atoms with Gasteiger partial charge in [0, 0.05) is 23.5 Å². The molecule has 0 aromatic rings. The number of carbonyl (C=O) groups is 1. The number of thioether (sulfide) groups is 1. The van der Waals surface area contributed by atoms with E-state index < -0.39 is 0 Å². The van der Waals surface area contributed by atoms with Gasteiger partial charge in [-0.1, -0.05) is 13.8 Å². The monoisotopic (exact) mass is 188 g/mol. The summed E-state index contributed by atoms with van der Waals surface area (Å²) in [5, 5.41) is 0.516. The zero-order valence-corrected chi connectivity index (χ0v) is 8.43. The first kappa shape index (κ1) is 9.86. The average Bonchev–Trinajstić information content (AvgIpc) is 2.18. The van der Waals surface area contributed by atoms with Crippen LogP contribution in [0.2, 0.25) is 0 Å². The molecule has 0 aromatic heterocycles. The second-order valence-corrected chi connectivity index (χ2v) is 4.76. The van der Waals surface area contributed by atoms with Gasteiger partial charge < -0.3 is 10.6 Å². The molecule has 1 heterocycles. The molecule has 2 N–H and O–H groups in total. The van der Waals surface area contributed by atoms with E-state index in [9.17, 15) is 4.79 Å². The first-order valence-corrected chi connectivity index (χ1v) is 5.30. The number of hydrogen-bond acceptors (Lipinski definition) is 3. The topological polar surface area (TPSA) is 46.3 Å². The second-order valence-electron chi connectivity index (χ2n) is 3.29. The lowest BCUT2D eigenvalue weighted by molar-refractivity contribution is -0.133. The summed E-state index contributed by atoms with van der Waals surface area (Å²) in [7, 11) is 0. The molecule has 0 aliphatic carbocycles. The number of amides is 1. The largest absolute Gasteiger partial charge is 0.329 e. The van der Waals surface area contributed by atoms with Crippen molar-refractivity contribution >= 4 is 17.7 Å². The Morgan fingerprint density at radius 1 is 1.67 bits per heavy atom. The van der Waals surface area contributed by atoms with E-state index in [1.165, 1.54) is 0 Å². The lowest BCUT2D eigenvalue weighted by Gasteiger charge is -2.21. The molecular weight excluding hydrogens is 172 g/mol. The summed E-state index contributed by atoms with van der Waals surface area (Å²) in [6, 6.07) is 0. The Hall–Kier alpha value is -0.220. The van der Waals surface area contributed by atoms with Crippen LogP contribution >= 0.6 is 11.8 Å². The van der Waals surface area contributed by atoms with Crippen LogP contribution in [0, 0.1) is 5.92 Å². The highest BCUT2D eigenvalue weighted by molar-refractivity contribution is 7.99. The van der Waals surface area contributed by atoms with Gasteiger partial charge in [-0.3, -0.25) is 4.79 Å². The van der Waals surface area contributed by atoms with E-state index >= 15 is 0 Å². The lowest BCUT2D eigenvalue weighted by Crippen LogP contribution is -2.40. The number of carbonyl (C=O) groups excluding carboxylic acids is 1. The van der Waals surface area contributed by atoms with Gasteiger partial charge >= 0.3 is 0 Å². The van der Waals surface area contributed by atoms with Crippen LogP contribution in [0.3, 0.4) is 0 Å². The Balaban J connectivity index is 2.64. The van der Waals surface area contributed by atoms with Gasteiger partial charge in [-0.15, -0.1) is 0 Å². The maximum absolute atomic E-state index is 11.6. The smallest absolute Gasteiger partial charge is 0.227 e. The minimum atomic E-state index is 0.128. The quantitative estimate of drug-likeness (QED) is 0.652. The molecule has 1 amide bonds. The summed E-state index contributed by atoms with van der Waals surface area (Å²) in [4.78, 5) is 13.3. The normalized spacial score (nSPS) is 31.9. The first-order chi connectivity index (χ1) is 5.65. The highest BCUT2D eigenvalue weighted by atomic mass is 32.2. The molecule has 1 rings (SSSR count). The van der Waals surface area contributed by atoms with Gasteiger partial charge in [-0.2, -0.15) is 11.8 Å². The van der Waals surface area contributed by atoms with Crippen LogP contribution in [-0.4, -0.2) is 35.0 Å². The second kappa shape index (κ2) is 4.14. The fraction of sp³-hybridized carbons (Fsp3) is 0.875. The maximum Gasteiger partial charge on any atom is 0.227 e. The summed E-state index contributed by atoms with van der Waals surface area (Å²) >= 11 is 1.85. The van der Waals surface area contributed by atoms with Crippen molar-refractivity contribution in [3.63, 3.8) is 0 Å². The van der Waals surface area contributed by atoms with Crippen molar-refractivity contribution in [3.05, 3.63) is 0 Å².